The molecule has 0 spiro atoms. The molecule has 0 amide bonds. The molecule has 0 unspecified atom stereocenters. The standard InChI is InChI=1S/C17H35N5O.HI/c1-4-18-17(19-7-10-21-11-13-23-14-12-21)20-16-5-8-22(9-6-16)15(2)3;/h15-16H,4-14H2,1-3H3,(H2,18,19,20);1H. The van der Waals surface area contributed by atoms with Crippen LogP contribution in [0.4, 0.5) is 0 Å². The van der Waals surface area contributed by atoms with Crippen LogP contribution in [0.15, 0.2) is 4.99 Å². The van der Waals surface area contributed by atoms with Gasteiger partial charge in [-0.25, -0.2) is 0 Å². The molecule has 2 rings (SSSR count). The summed E-state index contributed by atoms with van der Waals surface area (Å²) < 4.78 is 5.39. The van der Waals surface area contributed by atoms with Gasteiger partial charge >= 0.3 is 0 Å². The lowest BCUT2D eigenvalue weighted by molar-refractivity contribution is 0.0394. The molecule has 6 nitrogen and oxygen atoms in total. The molecule has 0 radical (unpaired) electrons. The number of piperidine rings is 1. The van der Waals surface area contributed by atoms with Crippen LogP contribution in [0.25, 0.3) is 0 Å². The minimum Gasteiger partial charge on any atom is -0.379 e. The molecule has 2 aliphatic rings. The number of nitrogens with zero attached hydrogens (tertiary/aromatic N) is 3. The third-order valence-corrected chi connectivity index (χ3v) is 4.73. The molecular formula is C17H36IN5O. The van der Waals surface area contributed by atoms with Crippen molar-refractivity contribution in [1.82, 2.24) is 20.4 Å². The molecule has 0 aromatic carbocycles. The number of morpholine rings is 1. The van der Waals surface area contributed by atoms with Crippen molar-refractivity contribution in [3.05, 3.63) is 0 Å². The van der Waals surface area contributed by atoms with E-state index in [9.17, 15) is 0 Å². The van der Waals surface area contributed by atoms with Gasteiger partial charge in [-0.2, -0.15) is 0 Å². The van der Waals surface area contributed by atoms with Crippen LogP contribution in [0.1, 0.15) is 33.6 Å². The molecular weight excluding hydrogens is 417 g/mol. The number of likely N-dealkylation sites (tertiary alicyclic amines) is 1. The maximum absolute atomic E-state index is 5.39. The lowest BCUT2D eigenvalue weighted by Gasteiger charge is -2.35. The zero-order valence-electron chi connectivity index (χ0n) is 15.6. The highest BCUT2D eigenvalue weighted by atomic mass is 127. The zero-order chi connectivity index (χ0) is 16.5. The van der Waals surface area contributed by atoms with E-state index in [-0.39, 0.29) is 24.0 Å². The predicted octanol–water partition coefficient (Wildman–Crippen LogP) is 1.36. The monoisotopic (exact) mass is 453 g/mol. The van der Waals surface area contributed by atoms with Gasteiger partial charge in [0, 0.05) is 51.4 Å². The number of aliphatic imine (C=N–C) groups is 1. The summed E-state index contributed by atoms with van der Waals surface area (Å²) in [6, 6.07) is 1.21. The van der Waals surface area contributed by atoms with Gasteiger partial charge in [-0.1, -0.05) is 0 Å². The Morgan fingerprint density at radius 1 is 1.17 bits per heavy atom. The summed E-state index contributed by atoms with van der Waals surface area (Å²) in [7, 11) is 0. The smallest absolute Gasteiger partial charge is 0.191 e. The van der Waals surface area contributed by atoms with Gasteiger partial charge in [0.15, 0.2) is 5.96 Å². The number of ether oxygens (including phenoxy) is 1. The van der Waals surface area contributed by atoms with Crippen molar-refractivity contribution in [3.8, 4) is 0 Å². The van der Waals surface area contributed by atoms with Crippen molar-refractivity contribution < 1.29 is 4.74 Å². The summed E-state index contributed by atoms with van der Waals surface area (Å²) in [5.74, 6) is 0.976. The van der Waals surface area contributed by atoms with Crippen LogP contribution in [-0.2, 0) is 4.74 Å². The molecule has 0 atom stereocenters. The number of nitrogens with one attached hydrogen (secondary N) is 2. The van der Waals surface area contributed by atoms with E-state index in [2.05, 4.69) is 41.2 Å². The first kappa shape index (κ1) is 21.9. The van der Waals surface area contributed by atoms with Crippen molar-refractivity contribution in [3.63, 3.8) is 0 Å². The van der Waals surface area contributed by atoms with E-state index in [0.717, 1.165) is 51.9 Å². The van der Waals surface area contributed by atoms with Gasteiger partial charge in [0.25, 0.3) is 0 Å². The van der Waals surface area contributed by atoms with Crippen LogP contribution < -0.4 is 10.6 Å². The highest BCUT2D eigenvalue weighted by molar-refractivity contribution is 14.0. The van der Waals surface area contributed by atoms with E-state index < -0.39 is 0 Å². The molecule has 2 N–H and O–H groups in total. The molecule has 2 aliphatic heterocycles. The molecule has 0 bridgehead atoms. The maximum atomic E-state index is 5.39. The van der Waals surface area contributed by atoms with E-state index >= 15 is 0 Å². The molecule has 142 valence electrons. The fourth-order valence-corrected chi connectivity index (χ4v) is 3.20. The van der Waals surface area contributed by atoms with Crippen LogP contribution in [0.2, 0.25) is 0 Å². The summed E-state index contributed by atoms with van der Waals surface area (Å²) in [5, 5.41) is 7.01. The molecule has 2 fully saturated rings. The molecule has 0 aliphatic carbocycles. The quantitative estimate of drug-likeness (QED) is 0.362. The lowest BCUT2D eigenvalue weighted by atomic mass is 10.0. The third-order valence-electron chi connectivity index (χ3n) is 4.73. The number of guanidine groups is 1. The van der Waals surface area contributed by atoms with Crippen LogP contribution in [0.3, 0.4) is 0 Å². The van der Waals surface area contributed by atoms with Gasteiger partial charge in [0.1, 0.15) is 0 Å². The first-order valence-electron chi connectivity index (χ1n) is 9.28. The van der Waals surface area contributed by atoms with Crippen LogP contribution >= 0.6 is 24.0 Å². The molecule has 0 aromatic heterocycles. The topological polar surface area (TPSA) is 52.1 Å². The highest BCUT2D eigenvalue weighted by Gasteiger charge is 2.21. The highest BCUT2D eigenvalue weighted by Crippen LogP contribution is 2.12. The van der Waals surface area contributed by atoms with Crippen LogP contribution in [0.5, 0.6) is 0 Å². The van der Waals surface area contributed by atoms with E-state index in [4.69, 9.17) is 9.73 Å². The van der Waals surface area contributed by atoms with Crippen molar-refractivity contribution in [2.75, 3.05) is 59.0 Å². The summed E-state index contributed by atoms with van der Waals surface area (Å²) in [6.07, 6.45) is 2.40. The fraction of sp³-hybridized carbons (Fsp3) is 0.941. The normalized spacial score (nSPS) is 21.6. The lowest BCUT2D eigenvalue weighted by Crippen LogP contribution is -2.50. The molecule has 24 heavy (non-hydrogen) atoms. The van der Waals surface area contributed by atoms with Gasteiger partial charge < -0.3 is 20.3 Å². The second-order valence-electron chi connectivity index (χ2n) is 6.76. The van der Waals surface area contributed by atoms with Crippen molar-refractivity contribution in [2.45, 2.75) is 45.7 Å². The van der Waals surface area contributed by atoms with E-state index in [0.29, 0.717) is 12.1 Å². The minimum atomic E-state index is 0. The van der Waals surface area contributed by atoms with Gasteiger partial charge in [0.2, 0.25) is 0 Å². The van der Waals surface area contributed by atoms with E-state index in [1.54, 1.807) is 0 Å². The Morgan fingerprint density at radius 2 is 1.83 bits per heavy atom. The fourth-order valence-electron chi connectivity index (χ4n) is 3.20. The van der Waals surface area contributed by atoms with Gasteiger partial charge in [-0.15, -0.1) is 24.0 Å². The summed E-state index contributed by atoms with van der Waals surface area (Å²) >= 11 is 0. The van der Waals surface area contributed by atoms with E-state index in [1.165, 1.54) is 25.9 Å². The van der Waals surface area contributed by atoms with Crippen molar-refractivity contribution in [2.24, 2.45) is 4.99 Å². The summed E-state index contributed by atoms with van der Waals surface area (Å²) in [5.41, 5.74) is 0. The van der Waals surface area contributed by atoms with Crippen molar-refractivity contribution >= 4 is 29.9 Å². The predicted molar refractivity (Wildman–Crippen MR) is 112 cm³/mol. The second kappa shape index (κ2) is 12.3. The largest absolute Gasteiger partial charge is 0.379 e. The zero-order valence-corrected chi connectivity index (χ0v) is 17.9. The van der Waals surface area contributed by atoms with Crippen LogP contribution in [0, 0.1) is 0 Å². The third kappa shape index (κ3) is 7.84. The maximum Gasteiger partial charge on any atom is 0.191 e. The first-order chi connectivity index (χ1) is 11.2. The van der Waals surface area contributed by atoms with Gasteiger partial charge in [-0.3, -0.25) is 9.89 Å². The first-order valence-corrected chi connectivity index (χ1v) is 9.28. The number of hydrogen-bond donors (Lipinski definition) is 2. The van der Waals surface area contributed by atoms with Gasteiger partial charge in [-0.05, 0) is 33.6 Å². The molecule has 2 saturated heterocycles. The summed E-state index contributed by atoms with van der Waals surface area (Å²) in [6.45, 7) is 15.6. The average Bonchev–Trinajstić information content (AvgIpc) is 2.56. The molecule has 0 aromatic rings. The van der Waals surface area contributed by atoms with Crippen molar-refractivity contribution in [1.29, 1.82) is 0 Å². The summed E-state index contributed by atoms with van der Waals surface area (Å²) in [4.78, 5) is 9.74. The average molecular weight is 453 g/mol. The Bertz CT molecular complexity index is 353. The molecule has 2 heterocycles. The van der Waals surface area contributed by atoms with E-state index in [1.807, 2.05) is 0 Å². The number of hydrogen-bond acceptors (Lipinski definition) is 4. The van der Waals surface area contributed by atoms with Crippen LogP contribution in [-0.4, -0.2) is 86.9 Å². The molecule has 0 saturated carbocycles. The Balaban J connectivity index is 0.00000288. The Kier molecular flexibility index (Phi) is 11.2. The SMILES string of the molecule is CCNC(=NCCN1CCOCC1)NC1CCN(C(C)C)CC1.I. The second-order valence-corrected chi connectivity index (χ2v) is 6.76. The Labute approximate surface area is 164 Å². The minimum absolute atomic E-state index is 0. The molecule has 7 heteroatoms. The Hall–Kier alpha value is -0.120. The van der Waals surface area contributed by atoms with Gasteiger partial charge in [0.05, 0.1) is 19.8 Å². The number of halogens is 1. The number of rotatable bonds is 6. The Morgan fingerprint density at radius 3 is 2.42 bits per heavy atom.